The standard InChI is InChI=1S/C19H21N5O2/c1-3-10-26-15-9-8-12(11-16(15)25-2)17-22-18(20)23-19-21-13-6-4-5-7-14(13)24(17)19/h4-9,11,17H,3,10H2,1-2H3,(H3,20,21,22,23)/t17-/m1/s1. The molecule has 7 nitrogen and oxygen atoms in total. The molecule has 0 fully saturated rings. The van der Waals surface area contributed by atoms with Gasteiger partial charge in [-0.1, -0.05) is 25.1 Å². The van der Waals surface area contributed by atoms with Gasteiger partial charge in [0.25, 0.3) is 0 Å². The van der Waals surface area contributed by atoms with E-state index in [9.17, 15) is 0 Å². The number of benzene rings is 2. The maximum Gasteiger partial charge on any atom is 0.212 e. The number of aromatic nitrogens is 2. The van der Waals surface area contributed by atoms with E-state index in [0.717, 1.165) is 28.8 Å². The molecule has 0 saturated heterocycles. The Balaban J connectivity index is 1.81. The zero-order chi connectivity index (χ0) is 18.1. The Morgan fingerprint density at radius 1 is 1.19 bits per heavy atom. The number of anilines is 1. The monoisotopic (exact) mass is 351 g/mol. The second kappa shape index (κ2) is 6.59. The van der Waals surface area contributed by atoms with Crippen LogP contribution in [-0.4, -0.2) is 29.2 Å². The molecule has 0 spiro atoms. The topological polar surface area (TPSA) is 86.7 Å². The smallest absolute Gasteiger partial charge is 0.212 e. The molecule has 4 rings (SSSR count). The van der Waals surface area contributed by atoms with Crippen LogP contribution >= 0.6 is 0 Å². The highest BCUT2D eigenvalue weighted by atomic mass is 16.5. The molecule has 0 amide bonds. The largest absolute Gasteiger partial charge is 0.493 e. The fourth-order valence-corrected chi connectivity index (χ4v) is 3.12. The van der Waals surface area contributed by atoms with Crippen LogP contribution in [0.15, 0.2) is 47.5 Å². The van der Waals surface area contributed by atoms with Crippen LogP contribution in [-0.2, 0) is 0 Å². The molecular weight excluding hydrogens is 330 g/mol. The highest BCUT2D eigenvalue weighted by molar-refractivity contribution is 5.94. The summed E-state index contributed by atoms with van der Waals surface area (Å²) in [6, 6.07) is 13.8. The molecule has 0 bridgehead atoms. The number of para-hydroxylation sites is 2. The van der Waals surface area contributed by atoms with Gasteiger partial charge >= 0.3 is 0 Å². The number of imidazole rings is 1. The number of ether oxygens (including phenoxy) is 2. The first kappa shape index (κ1) is 16.3. The Labute approximate surface area is 151 Å². The van der Waals surface area contributed by atoms with Gasteiger partial charge in [-0.3, -0.25) is 9.88 Å². The van der Waals surface area contributed by atoms with Crippen molar-refractivity contribution in [3.05, 3.63) is 48.0 Å². The maximum atomic E-state index is 5.99. The number of rotatable bonds is 5. The predicted octanol–water partition coefficient (Wildman–Crippen LogP) is 3.12. The van der Waals surface area contributed by atoms with E-state index in [1.807, 2.05) is 47.0 Å². The van der Waals surface area contributed by atoms with Crippen molar-refractivity contribution in [2.75, 3.05) is 19.0 Å². The summed E-state index contributed by atoms with van der Waals surface area (Å²) < 4.78 is 13.3. The quantitative estimate of drug-likeness (QED) is 0.737. The summed E-state index contributed by atoms with van der Waals surface area (Å²) in [5.74, 6) is 2.41. The van der Waals surface area contributed by atoms with Crippen molar-refractivity contribution in [1.29, 1.82) is 0 Å². The average Bonchev–Trinajstić information content (AvgIpc) is 3.03. The molecule has 26 heavy (non-hydrogen) atoms. The minimum Gasteiger partial charge on any atom is -0.493 e. The lowest BCUT2D eigenvalue weighted by Gasteiger charge is -2.24. The van der Waals surface area contributed by atoms with Gasteiger partial charge in [-0.25, -0.2) is 9.98 Å². The van der Waals surface area contributed by atoms with E-state index in [1.54, 1.807) is 7.11 Å². The van der Waals surface area contributed by atoms with Crippen LogP contribution in [0.4, 0.5) is 5.95 Å². The SMILES string of the molecule is CCCOc1ccc([C@@H]2N=C(N)Nc3nc4ccccc4n32)cc1OC. The van der Waals surface area contributed by atoms with Crippen molar-refractivity contribution in [3.63, 3.8) is 0 Å². The van der Waals surface area contributed by atoms with Gasteiger partial charge in [0.05, 0.1) is 24.8 Å². The molecule has 7 heteroatoms. The third-order valence-corrected chi connectivity index (χ3v) is 4.29. The fraction of sp³-hybridized carbons (Fsp3) is 0.263. The van der Waals surface area contributed by atoms with E-state index in [4.69, 9.17) is 15.2 Å². The molecule has 3 aromatic rings. The Hall–Kier alpha value is -3.22. The van der Waals surface area contributed by atoms with Gasteiger partial charge in [-0.15, -0.1) is 0 Å². The van der Waals surface area contributed by atoms with Crippen LogP contribution in [0, 0.1) is 0 Å². The molecule has 1 aliphatic rings. The molecule has 1 aliphatic heterocycles. The van der Waals surface area contributed by atoms with Gasteiger partial charge in [-0.2, -0.15) is 0 Å². The molecule has 2 heterocycles. The van der Waals surface area contributed by atoms with Crippen molar-refractivity contribution in [1.82, 2.24) is 9.55 Å². The molecule has 0 aliphatic carbocycles. The zero-order valence-electron chi connectivity index (χ0n) is 14.8. The summed E-state index contributed by atoms with van der Waals surface area (Å²) in [6.45, 7) is 2.71. The summed E-state index contributed by atoms with van der Waals surface area (Å²) in [7, 11) is 1.63. The number of nitrogens with zero attached hydrogens (tertiary/aromatic N) is 3. The molecule has 1 atom stereocenters. The predicted molar refractivity (Wildman–Crippen MR) is 102 cm³/mol. The summed E-state index contributed by atoms with van der Waals surface area (Å²) in [6.07, 6.45) is 0.609. The average molecular weight is 351 g/mol. The number of guanidine groups is 1. The van der Waals surface area contributed by atoms with E-state index < -0.39 is 0 Å². The summed E-state index contributed by atoms with van der Waals surface area (Å²) in [5.41, 5.74) is 8.82. The number of methoxy groups -OCH3 is 1. The van der Waals surface area contributed by atoms with Crippen molar-refractivity contribution in [2.45, 2.75) is 19.5 Å². The molecule has 0 saturated carbocycles. The minimum atomic E-state index is -0.326. The Morgan fingerprint density at radius 2 is 2.04 bits per heavy atom. The number of aliphatic imine (C=N–C) groups is 1. The van der Waals surface area contributed by atoms with E-state index in [0.29, 0.717) is 24.3 Å². The molecule has 2 aromatic carbocycles. The first-order valence-corrected chi connectivity index (χ1v) is 8.59. The van der Waals surface area contributed by atoms with Crippen LogP contribution in [0.5, 0.6) is 11.5 Å². The van der Waals surface area contributed by atoms with E-state index >= 15 is 0 Å². The first-order chi connectivity index (χ1) is 12.7. The normalized spacial score (nSPS) is 15.9. The van der Waals surface area contributed by atoms with Gasteiger partial charge in [-0.05, 0) is 30.7 Å². The lowest BCUT2D eigenvalue weighted by molar-refractivity contribution is 0.294. The number of hydrogen-bond acceptors (Lipinski definition) is 6. The maximum absolute atomic E-state index is 5.99. The number of fused-ring (bicyclic) bond motifs is 3. The van der Waals surface area contributed by atoms with E-state index in [-0.39, 0.29) is 6.17 Å². The highest BCUT2D eigenvalue weighted by Gasteiger charge is 2.25. The van der Waals surface area contributed by atoms with E-state index in [2.05, 4.69) is 22.2 Å². The Morgan fingerprint density at radius 3 is 2.85 bits per heavy atom. The van der Waals surface area contributed by atoms with Crippen molar-refractivity contribution in [3.8, 4) is 11.5 Å². The number of hydrogen-bond donors (Lipinski definition) is 2. The van der Waals surface area contributed by atoms with Crippen LogP contribution in [0.1, 0.15) is 25.1 Å². The molecule has 0 unspecified atom stereocenters. The third kappa shape index (κ3) is 2.71. The fourth-order valence-electron chi connectivity index (χ4n) is 3.12. The molecule has 3 N–H and O–H groups in total. The van der Waals surface area contributed by atoms with E-state index in [1.165, 1.54) is 0 Å². The summed E-state index contributed by atoms with van der Waals surface area (Å²) in [5, 5.41) is 3.04. The highest BCUT2D eigenvalue weighted by Crippen LogP contribution is 2.36. The zero-order valence-corrected chi connectivity index (χ0v) is 14.8. The third-order valence-electron chi connectivity index (χ3n) is 4.29. The molecular formula is C19H21N5O2. The summed E-state index contributed by atoms with van der Waals surface area (Å²) >= 11 is 0. The second-order valence-electron chi connectivity index (χ2n) is 6.07. The van der Waals surface area contributed by atoms with Crippen LogP contribution in [0.2, 0.25) is 0 Å². The van der Waals surface area contributed by atoms with Gasteiger partial charge in [0.2, 0.25) is 5.95 Å². The van der Waals surface area contributed by atoms with Gasteiger partial charge in [0.1, 0.15) is 0 Å². The molecule has 1 aromatic heterocycles. The van der Waals surface area contributed by atoms with Gasteiger partial charge in [0.15, 0.2) is 23.6 Å². The van der Waals surface area contributed by atoms with Crippen LogP contribution in [0.3, 0.4) is 0 Å². The molecule has 0 radical (unpaired) electrons. The molecule has 134 valence electrons. The summed E-state index contributed by atoms with van der Waals surface area (Å²) in [4.78, 5) is 9.21. The van der Waals surface area contributed by atoms with Gasteiger partial charge < -0.3 is 15.2 Å². The minimum absolute atomic E-state index is 0.326. The Kier molecular flexibility index (Phi) is 4.12. The lowest BCUT2D eigenvalue weighted by Crippen LogP contribution is -2.31. The van der Waals surface area contributed by atoms with Gasteiger partial charge in [0, 0.05) is 5.56 Å². The lowest BCUT2D eigenvalue weighted by atomic mass is 10.1. The number of nitrogens with one attached hydrogen (secondary N) is 1. The van der Waals surface area contributed by atoms with Crippen LogP contribution < -0.4 is 20.5 Å². The number of nitrogens with two attached hydrogens (primary N) is 1. The first-order valence-electron chi connectivity index (χ1n) is 8.59. The van der Waals surface area contributed by atoms with Crippen molar-refractivity contribution in [2.24, 2.45) is 10.7 Å². The second-order valence-corrected chi connectivity index (χ2v) is 6.07. The van der Waals surface area contributed by atoms with Crippen LogP contribution in [0.25, 0.3) is 11.0 Å². The van der Waals surface area contributed by atoms with Crippen molar-refractivity contribution >= 4 is 22.9 Å². The van der Waals surface area contributed by atoms with Crippen molar-refractivity contribution < 1.29 is 9.47 Å². The Bertz CT molecular complexity index is 979.